The molecule has 1 atom stereocenters. The van der Waals surface area contributed by atoms with Gasteiger partial charge in [0.05, 0.1) is 19.8 Å². The summed E-state index contributed by atoms with van der Waals surface area (Å²) in [5, 5.41) is 9.65. The molecular weight excluding hydrogens is 284 g/mol. The molecule has 0 aliphatic carbocycles. The van der Waals surface area contributed by atoms with E-state index in [-0.39, 0.29) is 18.1 Å². The summed E-state index contributed by atoms with van der Waals surface area (Å²) in [6.07, 6.45) is -0.580. The minimum Gasteiger partial charge on any atom is -0.493 e. The Kier molecular flexibility index (Phi) is 7.35. The molecular formula is C14H21F2NO4. The van der Waals surface area contributed by atoms with Gasteiger partial charge in [-0.3, -0.25) is 4.90 Å². The first-order chi connectivity index (χ1) is 9.96. The fourth-order valence-electron chi connectivity index (χ4n) is 1.98. The minimum atomic E-state index is -2.89. The maximum Gasteiger partial charge on any atom is 0.387 e. The monoisotopic (exact) mass is 305 g/mol. The standard InChI is InChI=1S/C14H21F2NO4/c1-17(8-11(18)9-19-2)7-10-4-5-12(21-14(15)16)13(6-10)20-3/h4-6,11,14,18H,7-9H2,1-3H3. The van der Waals surface area contributed by atoms with Crippen molar-refractivity contribution in [3.8, 4) is 11.5 Å². The summed E-state index contributed by atoms with van der Waals surface area (Å²) in [5.74, 6) is 0.247. The van der Waals surface area contributed by atoms with Crippen LogP contribution in [0.3, 0.4) is 0 Å². The van der Waals surface area contributed by atoms with E-state index in [1.807, 2.05) is 11.9 Å². The van der Waals surface area contributed by atoms with Gasteiger partial charge >= 0.3 is 6.61 Å². The molecule has 5 nitrogen and oxygen atoms in total. The Hall–Kier alpha value is -1.44. The Morgan fingerprint density at radius 3 is 2.52 bits per heavy atom. The molecule has 0 aliphatic rings. The highest BCUT2D eigenvalue weighted by Crippen LogP contribution is 2.29. The number of halogens is 2. The van der Waals surface area contributed by atoms with Crippen molar-refractivity contribution >= 4 is 0 Å². The summed E-state index contributed by atoms with van der Waals surface area (Å²) in [7, 11) is 4.76. The number of alkyl halides is 2. The van der Waals surface area contributed by atoms with E-state index in [0.29, 0.717) is 13.1 Å². The average Bonchev–Trinajstić information content (AvgIpc) is 2.39. The van der Waals surface area contributed by atoms with Crippen LogP contribution in [-0.4, -0.2) is 57.1 Å². The third kappa shape index (κ3) is 6.24. The highest BCUT2D eigenvalue weighted by atomic mass is 19.3. The van der Waals surface area contributed by atoms with E-state index >= 15 is 0 Å². The largest absolute Gasteiger partial charge is 0.493 e. The molecule has 0 heterocycles. The van der Waals surface area contributed by atoms with E-state index < -0.39 is 12.7 Å². The zero-order valence-corrected chi connectivity index (χ0v) is 12.4. The molecule has 1 N–H and O–H groups in total. The molecule has 0 amide bonds. The Labute approximate surface area is 123 Å². The fourth-order valence-corrected chi connectivity index (χ4v) is 1.98. The number of aliphatic hydroxyl groups is 1. The topological polar surface area (TPSA) is 51.2 Å². The number of nitrogens with zero attached hydrogens (tertiary/aromatic N) is 1. The van der Waals surface area contributed by atoms with Crippen LogP contribution in [-0.2, 0) is 11.3 Å². The fraction of sp³-hybridized carbons (Fsp3) is 0.571. The second-order valence-electron chi connectivity index (χ2n) is 4.67. The van der Waals surface area contributed by atoms with Crippen molar-refractivity contribution in [3.05, 3.63) is 23.8 Å². The van der Waals surface area contributed by atoms with Crippen molar-refractivity contribution in [1.82, 2.24) is 4.90 Å². The van der Waals surface area contributed by atoms with Gasteiger partial charge in [0.15, 0.2) is 11.5 Å². The third-order valence-corrected chi connectivity index (χ3v) is 2.78. The molecule has 1 rings (SSSR count). The van der Waals surface area contributed by atoms with Crippen molar-refractivity contribution in [2.24, 2.45) is 0 Å². The summed E-state index contributed by atoms with van der Waals surface area (Å²) in [4.78, 5) is 1.89. The summed E-state index contributed by atoms with van der Waals surface area (Å²) < 4.78 is 38.7. The average molecular weight is 305 g/mol. The van der Waals surface area contributed by atoms with Crippen LogP contribution in [0.1, 0.15) is 5.56 Å². The molecule has 0 spiro atoms. The van der Waals surface area contributed by atoms with Crippen LogP contribution < -0.4 is 9.47 Å². The highest BCUT2D eigenvalue weighted by Gasteiger charge is 2.13. The molecule has 0 fully saturated rings. The molecule has 0 saturated heterocycles. The van der Waals surface area contributed by atoms with Gasteiger partial charge in [-0.2, -0.15) is 8.78 Å². The van der Waals surface area contributed by atoms with Gasteiger partial charge in [0.1, 0.15) is 0 Å². The van der Waals surface area contributed by atoms with Gasteiger partial charge in [0.2, 0.25) is 0 Å². The molecule has 7 heteroatoms. The lowest BCUT2D eigenvalue weighted by Gasteiger charge is -2.20. The predicted molar refractivity (Wildman–Crippen MR) is 73.8 cm³/mol. The van der Waals surface area contributed by atoms with E-state index in [1.54, 1.807) is 12.1 Å². The molecule has 21 heavy (non-hydrogen) atoms. The van der Waals surface area contributed by atoms with Crippen LogP contribution in [0.2, 0.25) is 0 Å². The lowest BCUT2D eigenvalue weighted by Crippen LogP contribution is -2.31. The van der Waals surface area contributed by atoms with Gasteiger partial charge in [0.25, 0.3) is 0 Å². The van der Waals surface area contributed by atoms with E-state index in [2.05, 4.69) is 4.74 Å². The number of benzene rings is 1. The van der Waals surface area contributed by atoms with Crippen LogP contribution in [0, 0.1) is 0 Å². The van der Waals surface area contributed by atoms with E-state index in [4.69, 9.17) is 9.47 Å². The van der Waals surface area contributed by atoms with Gasteiger partial charge in [-0.05, 0) is 24.7 Å². The van der Waals surface area contributed by atoms with E-state index in [9.17, 15) is 13.9 Å². The van der Waals surface area contributed by atoms with Crippen LogP contribution in [0.15, 0.2) is 18.2 Å². The van der Waals surface area contributed by atoms with Crippen molar-refractivity contribution in [2.75, 3.05) is 34.4 Å². The second-order valence-corrected chi connectivity index (χ2v) is 4.67. The molecule has 0 saturated carbocycles. The number of ether oxygens (including phenoxy) is 3. The summed E-state index contributed by atoms with van der Waals surface area (Å²) >= 11 is 0. The van der Waals surface area contributed by atoms with Gasteiger partial charge in [-0.25, -0.2) is 0 Å². The third-order valence-electron chi connectivity index (χ3n) is 2.78. The van der Waals surface area contributed by atoms with Crippen LogP contribution in [0.5, 0.6) is 11.5 Å². The maximum absolute atomic E-state index is 12.2. The lowest BCUT2D eigenvalue weighted by molar-refractivity contribution is -0.0512. The van der Waals surface area contributed by atoms with Crippen molar-refractivity contribution in [3.63, 3.8) is 0 Å². The zero-order valence-electron chi connectivity index (χ0n) is 12.4. The molecule has 1 aromatic rings. The Balaban J connectivity index is 2.67. The minimum absolute atomic E-state index is 0.00155. The quantitative estimate of drug-likeness (QED) is 0.753. The number of rotatable bonds is 9. The Morgan fingerprint density at radius 2 is 1.95 bits per heavy atom. The molecule has 0 aliphatic heterocycles. The first-order valence-electron chi connectivity index (χ1n) is 6.43. The van der Waals surface area contributed by atoms with Crippen LogP contribution in [0.4, 0.5) is 8.78 Å². The number of likely N-dealkylation sites (N-methyl/N-ethyl adjacent to an activating group) is 1. The normalized spacial score (nSPS) is 12.8. The van der Waals surface area contributed by atoms with Crippen molar-refractivity contribution in [2.45, 2.75) is 19.3 Å². The summed E-state index contributed by atoms with van der Waals surface area (Å²) in [6.45, 7) is -1.66. The molecule has 1 unspecified atom stereocenters. The predicted octanol–water partition coefficient (Wildman–Crippen LogP) is 1.74. The SMILES string of the molecule is COCC(O)CN(C)Cc1ccc(OC(F)F)c(OC)c1. The van der Waals surface area contributed by atoms with Gasteiger partial charge < -0.3 is 19.3 Å². The van der Waals surface area contributed by atoms with E-state index in [0.717, 1.165) is 5.56 Å². The lowest BCUT2D eigenvalue weighted by atomic mass is 10.2. The maximum atomic E-state index is 12.2. The van der Waals surface area contributed by atoms with Crippen molar-refractivity contribution in [1.29, 1.82) is 0 Å². The highest BCUT2D eigenvalue weighted by molar-refractivity contribution is 5.42. The van der Waals surface area contributed by atoms with Gasteiger partial charge in [-0.1, -0.05) is 6.07 Å². The molecule has 1 aromatic carbocycles. The molecule has 120 valence electrons. The summed E-state index contributed by atoms with van der Waals surface area (Å²) in [5.41, 5.74) is 0.862. The Bertz CT molecular complexity index is 431. The first-order valence-corrected chi connectivity index (χ1v) is 6.43. The molecule has 0 bridgehead atoms. The zero-order chi connectivity index (χ0) is 15.8. The number of methoxy groups -OCH3 is 2. The smallest absolute Gasteiger partial charge is 0.387 e. The Morgan fingerprint density at radius 1 is 1.24 bits per heavy atom. The molecule has 0 aromatic heterocycles. The van der Waals surface area contributed by atoms with Gasteiger partial charge in [-0.15, -0.1) is 0 Å². The van der Waals surface area contributed by atoms with E-state index in [1.165, 1.54) is 20.3 Å². The second kappa shape index (κ2) is 8.76. The van der Waals surface area contributed by atoms with Crippen LogP contribution in [0.25, 0.3) is 0 Å². The first kappa shape index (κ1) is 17.6. The molecule has 0 radical (unpaired) electrons. The number of aliphatic hydroxyl groups excluding tert-OH is 1. The van der Waals surface area contributed by atoms with Crippen molar-refractivity contribution < 1.29 is 28.1 Å². The van der Waals surface area contributed by atoms with Gasteiger partial charge in [0, 0.05) is 20.2 Å². The van der Waals surface area contributed by atoms with Crippen LogP contribution >= 0.6 is 0 Å². The summed E-state index contributed by atoms with van der Waals surface area (Å²) in [6, 6.07) is 4.76. The number of hydrogen-bond donors (Lipinski definition) is 1. The number of hydrogen-bond acceptors (Lipinski definition) is 5.